The molecule has 1 aliphatic heterocycles. The van der Waals surface area contributed by atoms with E-state index in [1.807, 2.05) is 18.7 Å². The van der Waals surface area contributed by atoms with Gasteiger partial charge < -0.3 is 4.90 Å². The lowest BCUT2D eigenvalue weighted by Crippen LogP contribution is -2.40. The molecule has 1 fully saturated rings. The molecule has 88 valence electrons. The number of amides is 1. The first-order chi connectivity index (χ1) is 7.27. The third-order valence-electron chi connectivity index (χ3n) is 3.17. The van der Waals surface area contributed by atoms with Crippen LogP contribution in [0.25, 0.3) is 0 Å². The normalized spacial score (nSPS) is 18.5. The SMILES string of the molecule is CCN(CC)C(=O)CN1CCCCCC1. The summed E-state index contributed by atoms with van der Waals surface area (Å²) in [6, 6.07) is 0. The van der Waals surface area contributed by atoms with Crippen LogP contribution in [0.5, 0.6) is 0 Å². The molecular weight excluding hydrogens is 188 g/mol. The van der Waals surface area contributed by atoms with Gasteiger partial charge in [-0.2, -0.15) is 0 Å². The summed E-state index contributed by atoms with van der Waals surface area (Å²) >= 11 is 0. The fourth-order valence-electron chi connectivity index (χ4n) is 2.16. The molecule has 1 amide bonds. The predicted octanol–water partition coefficient (Wildman–Crippen LogP) is 1.73. The first-order valence-electron chi connectivity index (χ1n) is 6.28. The summed E-state index contributed by atoms with van der Waals surface area (Å²) < 4.78 is 0. The summed E-state index contributed by atoms with van der Waals surface area (Å²) in [6.07, 6.45) is 5.17. The minimum Gasteiger partial charge on any atom is -0.342 e. The Balaban J connectivity index is 2.34. The molecule has 0 atom stereocenters. The number of carbonyl (C=O) groups excluding carboxylic acids is 1. The van der Waals surface area contributed by atoms with E-state index < -0.39 is 0 Å². The average molecular weight is 212 g/mol. The Hall–Kier alpha value is -0.570. The number of rotatable bonds is 4. The number of likely N-dealkylation sites (tertiary alicyclic amines) is 1. The average Bonchev–Trinajstić information content (AvgIpc) is 2.48. The zero-order valence-electron chi connectivity index (χ0n) is 10.2. The molecule has 0 radical (unpaired) electrons. The van der Waals surface area contributed by atoms with Crippen molar-refractivity contribution in [2.24, 2.45) is 0 Å². The number of likely N-dealkylation sites (N-methyl/N-ethyl adjacent to an activating group) is 1. The highest BCUT2D eigenvalue weighted by atomic mass is 16.2. The van der Waals surface area contributed by atoms with Crippen LogP contribution in [0.4, 0.5) is 0 Å². The van der Waals surface area contributed by atoms with Gasteiger partial charge in [0.25, 0.3) is 0 Å². The van der Waals surface area contributed by atoms with E-state index in [1.165, 1.54) is 25.7 Å². The molecule has 0 aromatic heterocycles. The Kier molecular flexibility index (Phi) is 5.69. The molecule has 0 spiro atoms. The summed E-state index contributed by atoms with van der Waals surface area (Å²) in [5.74, 6) is 0.293. The standard InChI is InChI=1S/C12H24N2O/c1-3-14(4-2)12(15)11-13-9-7-5-6-8-10-13/h3-11H2,1-2H3. The van der Waals surface area contributed by atoms with Crippen molar-refractivity contribution < 1.29 is 4.79 Å². The first-order valence-corrected chi connectivity index (χ1v) is 6.28. The maximum Gasteiger partial charge on any atom is 0.236 e. The van der Waals surface area contributed by atoms with E-state index in [9.17, 15) is 4.79 Å². The van der Waals surface area contributed by atoms with Gasteiger partial charge in [-0.05, 0) is 39.8 Å². The number of hydrogen-bond donors (Lipinski definition) is 0. The van der Waals surface area contributed by atoms with Gasteiger partial charge >= 0.3 is 0 Å². The van der Waals surface area contributed by atoms with Crippen molar-refractivity contribution in [1.82, 2.24) is 9.80 Å². The van der Waals surface area contributed by atoms with Crippen LogP contribution in [0, 0.1) is 0 Å². The lowest BCUT2D eigenvalue weighted by Gasteiger charge is -2.24. The second-order valence-corrected chi connectivity index (χ2v) is 4.26. The topological polar surface area (TPSA) is 23.6 Å². The van der Waals surface area contributed by atoms with Gasteiger partial charge in [0.2, 0.25) is 5.91 Å². The van der Waals surface area contributed by atoms with Crippen LogP contribution >= 0.6 is 0 Å². The molecule has 3 nitrogen and oxygen atoms in total. The molecule has 3 heteroatoms. The molecule has 1 aliphatic rings. The molecule has 0 N–H and O–H groups in total. The van der Waals surface area contributed by atoms with Crippen LogP contribution in [0.1, 0.15) is 39.5 Å². The minimum absolute atomic E-state index is 0.293. The summed E-state index contributed by atoms with van der Waals surface area (Å²) in [4.78, 5) is 16.1. The highest BCUT2D eigenvalue weighted by Crippen LogP contribution is 2.09. The Morgan fingerprint density at radius 1 is 1.07 bits per heavy atom. The van der Waals surface area contributed by atoms with Gasteiger partial charge in [0.1, 0.15) is 0 Å². The molecule has 1 saturated heterocycles. The lowest BCUT2D eigenvalue weighted by molar-refractivity contribution is -0.132. The van der Waals surface area contributed by atoms with Crippen LogP contribution in [0.2, 0.25) is 0 Å². The van der Waals surface area contributed by atoms with E-state index in [0.29, 0.717) is 12.5 Å². The van der Waals surface area contributed by atoms with E-state index in [4.69, 9.17) is 0 Å². The minimum atomic E-state index is 0.293. The largest absolute Gasteiger partial charge is 0.342 e. The molecular formula is C12H24N2O. The first kappa shape index (κ1) is 12.5. The van der Waals surface area contributed by atoms with Crippen LogP contribution < -0.4 is 0 Å². The third-order valence-corrected chi connectivity index (χ3v) is 3.17. The summed E-state index contributed by atoms with van der Waals surface area (Å²) in [7, 11) is 0. The van der Waals surface area contributed by atoms with Crippen LogP contribution in [0.3, 0.4) is 0 Å². The van der Waals surface area contributed by atoms with Crippen molar-refractivity contribution in [3.63, 3.8) is 0 Å². The smallest absolute Gasteiger partial charge is 0.236 e. The van der Waals surface area contributed by atoms with Gasteiger partial charge in [0, 0.05) is 13.1 Å². The monoisotopic (exact) mass is 212 g/mol. The Morgan fingerprint density at radius 2 is 1.60 bits per heavy atom. The van der Waals surface area contributed by atoms with Crippen molar-refractivity contribution in [2.75, 3.05) is 32.7 Å². The van der Waals surface area contributed by atoms with Gasteiger partial charge in [0.05, 0.1) is 6.54 Å². The van der Waals surface area contributed by atoms with Crippen LogP contribution in [0.15, 0.2) is 0 Å². The van der Waals surface area contributed by atoms with E-state index in [1.54, 1.807) is 0 Å². The summed E-state index contributed by atoms with van der Waals surface area (Å²) in [5, 5.41) is 0. The van der Waals surface area contributed by atoms with E-state index in [2.05, 4.69) is 4.90 Å². The fourth-order valence-corrected chi connectivity index (χ4v) is 2.16. The Bertz CT molecular complexity index is 182. The lowest BCUT2D eigenvalue weighted by atomic mass is 10.2. The van der Waals surface area contributed by atoms with Gasteiger partial charge in [-0.1, -0.05) is 12.8 Å². The molecule has 15 heavy (non-hydrogen) atoms. The Labute approximate surface area is 93.4 Å². The van der Waals surface area contributed by atoms with E-state index >= 15 is 0 Å². The van der Waals surface area contributed by atoms with Crippen molar-refractivity contribution >= 4 is 5.91 Å². The fraction of sp³-hybridized carbons (Fsp3) is 0.917. The Morgan fingerprint density at radius 3 is 2.07 bits per heavy atom. The number of hydrogen-bond acceptors (Lipinski definition) is 2. The summed E-state index contributed by atoms with van der Waals surface area (Å²) in [5.41, 5.74) is 0. The van der Waals surface area contributed by atoms with E-state index in [-0.39, 0.29) is 0 Å². The molecule has 0 aromatic carbocycles. The van der Waals surface area contributed by atoms with Gasteiger partial charge in [0.15, 0.2) is 0 Å². The second kappa shape index (κ2) is 6.83. The second-order valence-electron chi connectivity index (χ2n) is 4.26. The zero-order chi connectivity index (χ0) is 11.1. The van der Waals surface area contributed by atoms with E-state index in [0.717, 1.165) is 26.2 Å². The zero-order valence-corrected chi connectivity index (χ0v) is 10.2. The van der Waals surface area contributed by atoms with Crippen LogP contribution in [-0.2, 0) is 4.79 Å². The molecule has 0 bridgehead atoms. The number of carbonyl (C=O) groups is 1. The van der Waals surface area contributed by atoms with Crippen molar-refractivity contribution in [3.8, 4) is 0 Å². The highest BCUT2D eigenvalue weighted by Gasteiger charge is 2.15. The van der Waals surface area contributed by atoms with Gasteiger partial charge in [-0.25, -0.2) is 0 Å². The van der Waals surface area contributed by atoms with Gasteiger partial charge in [-0.3, -0.25) is 9.69 Å². The molecule has 0 saturated carbocycles. The molecule has 0 unspecified atom stereocenters. The van der Waals surface area contributed by atoms with Gasteiger partial charge in [-0.15, -0.1) is 0 Å². The summed E-state index contributed by atoms with van der Waals surface area (Å²) in [6.45, 7) is 8.60. The maximum atomic E-state index is 11.9. The predicted molar refractivity (Wildman–Crippen MR) is 62.8 cm³/mol. The molecule has 1 heterocycles. The molecule has 0 aromatic rings. The quantitative estimate of drug-likeness (QED) is 0.708. The molecule has 0 aliphatic carbocycles. The number of nitrogens with zero attached hydrogens (tertiary/aromatic N) is 2. The van der Waals surface area contributed by atoms with Crippen molar-refractivity contribution in [2.45, 2.75) is 39.5 Å². The third kappa shape index (κ3) is 4.20. The maximum absolute atomic E-state index is 11.9. The van der Waals surface area contributed by atoms with Crippen molar-refractivity contribution in [3.05, 3.63) is 0 Å². The molecule has 1 rings (SSSR count). The highest BCUT2D eigenvalue weighted by molar-refractivity contribution is 5.78. The van der Waals surface area contributed by atoms with Crippen LogP contribution in [-0.4, -0.2) is 48.4 Å². The van der Waals surface area contributed by atoms with Crippen molar-refractivity contribution in [1.29, 1.82) is 0 Å².